The molecular formula is C23H32N2O2S. The number of nitrogens with zero attached hydrogens (tertiary/aromatic N) is 2. The number of hydrogen-bond acceptors (Lipinski definition) is 3. The van der Waals surface area contributed by atoms with Gasteiger partial charge in [0, 0.05) is 24.4 Å². The van der Waals surface area contributed by atoms with Gasteiger partial charge in [0.05, 0.1) is 13.1 Å². The Morgan fingerprint density at radius 2 is 1.71 bits per heavy atom. The van der Waals surface area contributed by atoms with E-state index in [9.17, 15) is 9.59 Å². The van der Waals surface area contributed by atoms with Crippen molar-refractivity contribution in [2.24, 2.45) is 5.92 Å². The van der Waals surface area contributed by atoms with Crippen LogP contribution in [0.3, 0.4) is 0 Å². The lowest BCUT2D eigenvalue weighted by atomic mass is 10.1. The summed E-state index contributed by atoms with van der Waals surface area (Å²) in [5.41, 5.74) is 1.10. The molecule has 2 aromatic rings. The summed E-state index contributed by atoms with van der Waals surface area (Å²) in [4.78, 5) is 30.6. The molecule has 4 nitrogen and oxygen atoms in total. The van der Waals surface area contributed by atoms with Gasteiger partial charge in [-0.05, 0) is 29.3 Å². The van der Waals surface area contributed by atoms with E-state index in [4.69, 9.17) is 0 Å². The van der Waals surface area contributed by atoms with E-state index in [1.54, 1.807) is 16.2 Å². The van der Waals surface area contributed by atoms with Gasteiger partial charge in [0.25, 0.3) is 0 Å². The number of carbonyl (C=O) groups excluding carboxylic acids is 2. The maximum absolute atomic E-state index is 13.2. The van der Waals surface area contributed by atoms with Gasteiger partial charge >= 0.3 is 0 Å². The summed E-state index contributed by atoms with van der Waals surface area (Å²) in [6.07, 6.45) is 2.41. The average molecular weight is 401 g/mol. The first-order valence-corrected chi connectivity index (χ1v) is 11.0. The van der Waals surface area contributed by atoms with E-state index in [0.717, 1.165) is 23.3 Å². The maximum Gasteiger partial charge on any atom is 0.242 e. The number of benzene rings is 1. The van der Waals surface area contributed by atoms with E-state index in [-0.39, 0.29) is 18.4 Å². The monoisotopic (exact) mass is 400 g/mol. The van der Waals surface area contributed by atoms with Crippen LogP contribution in [0.5, 0.6) is 0 Å². The standard InChI is InChI=1S/C23H32N2O2S/c1-4-5-13-24(22(26)15-19(2)3)18-23(27)25(17-21-12-9-14-28-21)16-20-10-7-6-8-11-20/h6-12,14,19H,4-5,13,15-18H2,1-3H3. The van der Waals surface area contributed by atoms with Crippen LogP contribution in [0.25, 0.3) is 0 Å². The highest BCUT2D eigenvalue weighted by molar-refractivity contribution is 7.09. The SMILES string of the molecule is CCCCN(CC(=O)N(Cc1ccccc1)Cc1cccs1)C(=O)CC(C)C. The lowest BCUT2D eigenvalue weighted by Crippen LogP contribution is -2.43. The van der Waals surface area contributed by atoms with Crippen LogP contribution in [-0.4, -0.2) is 34.7 Å². The van der Waals surface area contributed by atoms with E-state index in [1.807, 2.05) is 60.5 Å². The van der Waals surface area contributed by atoms with Crippen LogP contribution in [0.15, 0.2) is 47.8 Å². The quantitative estimate of drug-likeness (QED) is 0.535. The van der Waals surface area contributed by atoms with Gasteiger partial charge in [0.2, 0.25) is 11.8 Å². The summed E-state index contributed by atoms with van der Waals surface area (Å²) in [7, 11) is 0. The zero-order valence-electron chi connectivity index (χ0n) is 17.3. The number of carbonyl (C=O) groups is 2. The molecule has 152 valence electrons. The minimum atomic E-state index is 0.00506. The molecule has 1 aromatic heterocycles. The van der Waals surface area contributed by atoms with Gasteiger partial charge < -0.3 is 9.80 Å². The second kappa shape index (κ2) is 11.6. The zero-order chi connectivity index (χ0) is 20.4. The van der Waals surface area contributed by atoms with Crippen LogP contribution in [0.2, 0.25) is 0 Å². The number of rotatable bonds is 11. The smallest absolute Gasteiger partial charge is 0.242 e. The first kappa shape index (κ1) is 22.2. The van der Waals surface area contributed by atoms with E-state index in [1.165, 1.54) is 0 Å². The summed E-state index contributed by atoms with van der Waals surface area (Å²) in [5, 5.41) is 2.03. The summed E-state index contributed by atoms with van der Waals surface area (Å²) in [6, 6.07) is 14.1. The highest BCUT2D eigenvalue weighted by Gasteiger charge is 2.22. The van der Waals surface area contributed by atoms with Crippen molar-refractivity contribution in [3.63, 3.8) is 0 Å². The van der Waals surface area contributed by atoms with Crippen molar-refractivity contribution >= 4 is 23.2 Å². The fourth-order valence-corrected chi connectivity index (χ4v) is 3.73. The Kier molecular flexibility index (Phi) is 9.21. The fourth-order valence-electron chi connectivity index (χ4n) is 3.01. The van der Waals surface area contributed by atoms with Gasteiger partial charge in [0.1, 0.15) is 0 Å². The van der Waals surface area contributed by atoms with Crippen LogP contribution in [0.4, 0.5) is 0 Å². The van der Waals surface area contributed by atoms with Crippen LogP contribution >= 0.6 is 11.3 Å². The van der Waals surface area contributed by atoms with E-state index in [0.29, 0.717) is 32.0 Å². The van der Waals surface area contributed by atoms with Crippen LogP contribution < -0.4 is 0 Å². The molecule has 0 saturated heterocycles. The molecule has 2 amide bonds. The molecule has 5 heteroatoms. The third kappa shape index (κ3) is 7.47. The van der Waals surface area contributed by atoms with E-state index in [2.05, 4.69) is 13.0 Å². The number of unbranched alkanes of at least 4 members (excludes halogenated alkanes) is 1. The Bertz CT molecular complexity index is 713. The van der Waals surface area contributed by atoms with Gasteiger partial charge in [-0.1, -0.05) is 63.6 Å². The molecule has 0 radical (unpaired) electrons. The lowest BCUT2D eigenvalue weighted by Gasteiger charge is -2.28. The topological polar surface area (TPSA) is 40.6 Å². The van der Waals surface area contributed by atoms with Gasteiger partial charge in [-0.3, -0.25) is 9.59 Å². The Hall–Kier alpha value is -2.14. The Morgan fingerprint density at radius 1 is 0.964 bits per heavy atom. The maximum atomic E-state index is 13.2. The fraction of sp³-hybridized carbons (Fsp3) is 0.478. The highest BCUT2D eigenvalue weighted by Crippen LogP contribution is 2.16. The molecule has 0 aliphatic rings. The molecule has 0 unspecified atom stereocenters. The minimum Gasteiger partial charge on any atom is -0.333 e. The molecule has 28 heavy (non-hydrogen) atoms. The van der Waals surface area contributed by atoms with E-state index < -0.39 is 0 Å². The predicted molar refractivity (Wildman–Crippen MR) is 116 cm³/mol. The van der Waals surface area contributed by atoms with Crippen LogP contribution in [0.1, 0.15) is 50.5 Å². The molecule has 0 bridgehead atoms. The van der Waals surface area contributed by atoms with Crippen molar-refractivity contribution in [2.75, 3.05) is 13.1 Å². The molecule has 0 aliphatic heterocycles. The molecule has 2 rings (SSSR count). The van der Waals surface area contributed by atoms with Gasteiger partial charge in [-0.25, -0.2) is 0 Å². The first-order valence-electron chi connectivity index (χ1n) is 10.1. The van der Waals surface area contributed by atoms with Crippen molar-refractivity contribution < 1.29 is 9.59 Å². The molecular weight excluding hydrogens is 368 g/mol. The zero-order valence-corrected chi connectivity index (χ0v) is 18.1. The minimum absolute atomic E-state index is 0.00506. The van der Waals surface area contributed by atoms with Crippen LogP contribution in [-0.2, 0) is 22.7 Å². The average Bonchev–Trinajstić information content (AvgIpc) is 3.17. The normalized spacial score (nSPS) is 10.9. The second-order valence-electron chi connectivity index (χ2n) is 7.58. The van der Waals surface area contributed by atoms with Crippen LogP contribution in [0, 0.1) is 5.92 Å². The molecule has 0 spiro atoms. The molecule has 0 aliphatic carbocycles. The van der Waals surface area contributed by atoms with Crippen molar-refractivity contribution in [1.82, 2.24) is 9.80 Å². The highest BCUT2D eigenvalue weighted by atomic mass is 32.1. The van der Waals surface area contributed by atoms with E-state index >= 15 is 0 Å². The summed E-state index contributed by atoms with van der Waals surface area (Å²) >= 11 is 1.65. The first-order chi connectivity index (χ1) is 13.5. The predicted octanol–water partition coefficient (Wildman–Crippen LogP) is 4.95. The summed E-state index contributed by atoms with van der Waals surface area (Å²) in [6.45, 7) is 8.11. The Balaban J connectivity index is 2.12. The number of hydrogen-bond donors (Lipinski definition) is 0. The molecule has 1 aromatic carbocycles. The summed E-state index contributed by atoms with van der Waals surface area (Å²) < 4.78 is 0. The molecule has 0 saturated carbocycles. The van der Waals surface area contributed by atoms with Gasteiger partial charge in [-0.15, -0.1) is 11.3 Å². The number of amides is 2. The molecule has 0 N–H and O–H groups in total. The molecule has 0 atom stereocenters. The second-order valence-corrected chi connectivity index (χ2v) is 8.61. The van der Waals surface area contributed by atoms with Gasteiger partial charge in [0.15, 0.2) is 0 Å². The van der Waals surface area contributed by atoms with Crippen molar-refractivity contribution in [3.05, 3.63) is 58.3 Å². The lowest BCUT2D eigenvalue weighted by molar-refractivity contribution is -0.141. The number of thiophene rings is 1. The van der Waals surface area contributed by atoms with Gasteiger partial charge in [-0.2, -0.15) is 0 Å². The van der Waals surface area contributed by atoms with Crippen molar-refractivity contribution in [2.45, 2.75) is 53.1 Å². The third-order valence-electron chi connectivity index (χ3n) is 4.54. The molecule has 0 fully saturated rings. The van der Waals surface area contributed by atoms with Crippen molar-refractivity contribution in [1.29, 1.82) is 0 Å². The Labute approximate surface area is 173 Å². The largest absolute Gasteiger partial charge is 0.333 e. The summed E-state index contributed by atoms with van der Waals surface area (Å²) in [5.74, 6) is 0.372. The van der Waals surface area contributed by atoms with Crippen molar-refractivity contribution in [3.8, 4) is 0 Å². The Morgan fingerprint density at radius 3 is 2.32 bits per heavy atom. The third-order valence-corrected chi connectivity index (χ3v) is 5.40. The molecule has 1 heterocycles.